The number of benzene rings is 1. The van der Waals surface area contributed by atoms with Crippen LogP contribution in [-0.4, -0.2) is 11.8 Å². The molecule has 1 unspecified atom stereocenters. The number of fused-ring (bicyclic) bond motifs is 1. The van der Waals surface area contributed by atoms with Gasteiger partial charge in [0.1, 0.15) is 0 Å². The van der Waals surface area contributed by atoms with Gasteiger partial charge in [-0.25, -0.2) is 0 Å². The first kappa shape index (κ1) is 9.21. The summed E-state index contributed by atoms with van der Waals surface area (Å²) in [7, 11) is 0. The third-order valence-electron chi connectivity index (χ3n) is 2.88. The van der Waals surface area contributed by atoms with Gasteiger partial charge in [0.25, 0.3) is 0 Å². The molecule has 0 radical (unpaired) electrons. The summed E-state index contributed by atoms with van der Waals surface area (Å²) in [5.41, 5.74) is 9.44. The summed E-state index contributed by atoms with van der Waals surface area (Å²) in [6, 6.07) is 3.56. The fourth-order valence-corrected chi connectivity index (χ4v) is 1.81. The topological polar surface area (TPSA) is 55.1 Å². The van der Waals surface area contributed by atoms with Crippen LogP contribution >= 0.6 is 0 Å². The van der Waals surface area contributed by atoms with Gasteiger partial charge in [0, 0.05) is 17.8 Å². The van der Waals surface area contributed by atoms with E-state index in [1.165, 1.54) is 0 Å². The van der Waals surface area contributed by atoms with E-state index in [1.54, 1.807) is 0 Å². The quantitative estimate of drug-likeness (QED) is 0.605. The van der Waals surface area contributed by atoms with E-state index in [4.69, 9.17) is 5.73 Å². The molecule has 1 aliphatic rings. The molecular formula is C11H14N2O. The maximum atomic E-state index is 11.8. The number of anilines is 1. The molecule has 3 heteroatoms. The predicted octanol–water partition coefficient (Wildman–Crippen LogP) is 1.25. The van der Waals surface area contributed by atoms with Crippen molar-refractivity contribution in [3.05, 3.63) is 28.8 Å². The van der Waals surface area contributed by atoms with Gasteiger partial charge in [0.05, 0.1) is 6.04 Å². The van der Waals surface area contributed by atoms with Crippen LogP contribution in [-0.2, 0) is 6.54 Å². The first-order valence-electron chi connectivity index (χ1n) is 4.77. The summed E-state index contributed by atoms with van der Waals surface area (Å²) >= 11 is 0. The number of carbonyl (C=O) groups is 1. The molecule has 3 N–H and O–H groups in total. The van der Waals surface area contributed by atoms with Crippen LogP contribution in [0.5, 0.6) is 0 Å². The molecule has 1 atom stereocenters. The van der Waals surface area contributed by atoms with Gasteiger partial charge in [-0.3, -0.25) is 4.79 Å². The first-order valence-corrected chi connectivity index (χ1v) is 4.77. The third kappa shape index (κ3) is 1.21. The van der Waals surface area contributed by atoms with E-state index >= 15 is 0 Å². The maximum absolute atomic E-state index is 11.8. The number of rotatable bonds is 0. The molecule has 14 heavy (non-hydrogen) atoms. The number of nitrogens with two attached hydrogens (primary N) is 1. The van der Waals surface area contributed by atoms with E-state index < -0.39 is 0 Å². The summed E-state index contributed by atoms with van der Waals surface area (Å²) in [4.78, 5) is 11.8. The van der Waals surface area contributed by atoms with Gasteiger partial charge < -0.3 is 11.1 Å². The lowest BCUT2D eigenvalue weighted by Crippen LogP contribution is -2.39. The van der Waals surface area contributed by atoms with Gasteiger partial charge in [-0.2, -0.15) is 0 Å². The summed E-state index contributed by atoms with van der Waals surface area (Å²) in [6.07, 6.45) is 0. The van der Waals surface area contributed by atoms with Crippen molar-refractivity contribution in [1.29, 1.82) is 0 Å². The number of nitrogen functional groups attached to an aromatic ring is 1. The van der Waals surface area contributed by atoms with E-state index in [0.717, 1.165) is 28.9 Å². The second-order valence-corrected chi connectivity index (χ2v) is 3.77. The Hall–Kier alpha value is -1.35. The Balaban J connectivity index is 2.59. The fraction of sp³-hybridized carbons (Fsp3) is 0.364. The Morgan fingerprint density at radius 2 is 2.21 bits per heavy atom. The highest BCUT2D eigenvalue weighted by atomic mass is 16.1. The monoisotopic (exact) mass is 190 g/mol. The minimum Gasteiger partial charge on any atom is -0.399 e. The second-order valence-electron chi connectivity index (χ2n) is 3.77. The molecule has 0 aromatic heterocycles. The molecule has 1 aromatic carbocycles. The van der Waals surface area contributed by atoms with Gasteiger partial charge in [-0.05, 0) is 37.1 Å². The number of hydrogen-bond donors (Lipinski definition) is 2. The molecule has 0 saturated carbocycles. The number of nitrogens with one attached hydrogen (secondary N) is 1. The summed E-state index contributed by atoms with van der Waals surface area (Å²) in [6.45, 7) is 4.58. The zero-order valence-electron chi connectivity index (χ0n) is 8.42. The number of hydrogen-bond acceptors (Lipinski definition) is 3. The third-order valence-corrected chi connectivity index (χ3v) is 2.88. The maximum Gasteiger partial charge on any atom is 0.179 e. The van der Waals surface area contributed by atoms with E-state index in [-0.39, 0.29) is 11.8 Å². The van der Waals surface area contributed by atoms with Crippen LogP contribution in [0.25, 0.3) is 0 Å². The highest BCUT2D eigenvalue weighted by molar-refractivity contribution is 6.02. The smallest absolute Gasteiger partial charge is 0.179 e. The number of ketones is 1. The summed E-state index contributed by atoms with van der Waals surface area (Å²) < 4.78 is 0. The molecular weight excluding hydrogens is 176 g/mol. The van der Waals surface area contributed by atoms with Crippen LogP contribution in [0.2, 0.25) is 0 Å². The second kappa shape index (κ2) is 3.10. The molecule has 1 aromatic rings. The highest BCUT2D eigenvalue weighted by Gasteiger charge is 2.24. The molecule has 1 heterocycles. The minimum absolute atomic E-state index is 0.0782. The van der Waals surface area contributed by atoms with E-state index in [0.29, 0.717) is 0 Å². The van der Waals surface area contributed by atoms with Crippen molar-refractivity contribution in [1.82, 2.24) is 5.32 Å². The molecule has 0 fully saturated rings. The van der Waals surface area contributed by atoms with Crippen LogP contribution in [0.3, 0.4) is 0 Å². The van der Waals surface area contributed by atoms with E-state index in [9.17, 15) is 4.79 Å². The van der Waals surface area contributed by atoms with Crippen molar-refractivity contribution in [2.45, 2.75) is 26.4 Å². The van der Waals surface area contributed by atoms with Crippen molar-refractivity contribution >= 4 is 11.5 Å². The Bertz CT molecular complexity index is 399. The SMILES string of the molecule is Cc1c(N)ccc2c1CNC(C)C2=O. The van der Waals surface area contributed by atoms with Crippen molar-refractivity contribution in [3.8, 4) is 0 Å². The number of Topliss-reactive ketones (excluding diaryl/α,β-unsaturated/α-hetero) is 1. The highest BCUT2D eigenvalue weighted by Crippen LogP contribution is 2.24. The molecule has 2 rings (SSSR count). The average molecular weight is 190 g/mol. The van der Waals surface area contributed by atoms with E-state index in [1.807, 2.05) is 26.0 Å². The molecule has 3 nitrogen and oxygen atoms in total. The molecule has 0 aliphatic carbocycles. The molecule has 74 valence electrons. The van der Waals surface area contributed by atoms with Crippen LogP contribution in [0, 0.1) is 6.92 Å². The minimum atomic E-state index is -0.0782. The lowest BCUT2D eigenvalue weighted by atomic mass is 9.91. The molecule has 0 spiro atoms. The molecule has 1 aliphatic heterocycles. The van der Waals surface area contributed by atoms with Crippen LogP contribution in [0.4, 0.5) is 5.69 Å². The van der Waals surface area contributed by atoms with Crippen LogP contribution in [0.15, 0.2) is 12.1 Å². The van der Waals surface area contributed by atoms with Crippen molar-refractivity contribution in [2.24, 2.45) is 0 Å². The molecule has 0 bridgehead atoms. The Morgan fingerprint density at radius 3 is 2.93 bits per heavy atom. The largest absolute Gasteiger partial charge is 0.399 e. The first-order chi connectivity index (χ1) is 6.61. The van der Waals surface area contributed by atoms with Crippen LogP contribution in [0.1, 0.15) is 28.4 Å². The lowest BCUT2D eigenvalue weighted by molar-refractivity contribution is 0.0939. The predicted molar refractivity (Wildman–Crippen MR) is 56.2 cm³/mol. The van der Waals surface area contributed by atoms with E-state index in [2.05, 4.69) is 5.32 Å². The number of carbonyl (C=O) groups excluding carboxylic acids is 1. The van der Waals surface area contributed by atoms with Crippen molar-refractivity contribution in [2.75, 3.05) is 5.73 Å². The van der Waals surface area contributed by atoms with Crippen molar-refractivity contribution in [3.63, 3.8) is 0 Å². The van der Waals surface area contributed by atoms with Gasteiger partial charge in [0.15, 0.2) is 5.78 Å². The average Bonchev–Trinajstić information content (AvgIpc) is 2.17. The van der Waals surface area contributed by atoms with Crippen LogP contribution < -0.4 is 11.1 Å². The standard InChI is InChI=1S/C11H14N2O/c1-6-9-5-13-7(2)11(14)8(9)3-4-10(6)12/h3-4,7,13H,5,12H2,1-2H3. The summed E-state index contributed by atoms with van der Waals surface area (Å²) in [5, 5.41) is 3.15. The Kier molecular flexibility index (Phi) is 2.04. The van der Waals surface area contributed by atoms with Gasteiger partial charge in [0.2, 0.25) is 0 Å². The lowest BCUT2D eigenvalue weighted by Gasteiger charge is -2.23. The fourth-order valence-electron chi connectivity index (χ4n) is 1.81. The van der Waals surface area contributed by atoms with Crippen molar-refractivity contribution < 1.29 is 4.79 Å². The molecule has 0 amide bonds. The zero-order valence-corrected chi connectivity index (χ0v) is 8.42. The Labute approximate surface area is 83.3 Å². The van der Waals surface area contributed by atoms with Gasteiger partial charge in [-0.1, -0.05) is 0 Å². The Morgan fingerprint density at radius 1 is 1.50 bits per heavy atom. The van der Waals surface area contributed by atoms with Gasteiger partial charge >= 0.3 is 0 Å². The zero-order chi connectivity index (χ0) is 10.3. The normalized spacial score (nSPS) is 20.7. The molecule has 0 saturated heterocycles. The van der Waals surface area contributed by atoms with Gasteiger partial charge in [-0.15, -0.1) is 0 Å². The summed E-state index contributed by atoms with van der Waals surface area (Å²) in [5.74, 6) is 0.161.